The van der Waals surface area contributed by atoms with Gasteiger partial charge in [-0.2, -0.15) is 0 Å². The highest BCUT2D eigenvalue weighted by Gasteiger charge is 2.25. The number of H-pyrrole nitrogens is 1. The van der Waals surface area contributed by atoms with Crippen LogP contribution >= 0.6 is 11.3 Å². The molecule has 1 saturated heterocycles. The molecule has 0 saturated carbocycles. The van der Waals surface area contributed by atoms with Gasteiger partial charge in [0.05, 0.1) is 11.4 Å². The normalized spacial score (nSPS) is 16.6. The number of hydrogen-bond donors (Lipinski definition) is 2. The van der Waals surface area contributed by atoms with Crippen molar-refractivity contribution in [1.82, 2.24) is 20.3 Å². The molecule has 27 heavy (non-hydrogen) atoms. The van der Waals surface area contributed by atoms with Gasteiger partial charge in [-0.15, -0.1) is 11.3 Å². The van der Waals surface area contributed by atoms with Crippen LogP contribution in [0.2, 0.25) is 0 Å². The van der Waals surface area contributed by atoms with Crippen molar-refractivity contribution in [2.75, 3.05) is 18.0 Å². The van der Waals surface area contributed by atoms with E-state index in [0.29, 0.717) is 6.42 Å². The quantitative estimate of drug-likeness (QED) is 0.659. The lowest BCUT2D eigenvalue weighted by Gasteiger charge is -2.17. The predicted molar refractivity (Wildman–Crippen MR) is 108 cm³/mol. The average molecular weight is 382 g/mol. The van der Waals surface area contributed by atoms with Crippen LogP contribution in [-0.4, -0.2) is 40.0 Å². The summed E-state index contributed by atoms with van der Waals surface area (Å²) in [6, 6.07) is 10.2. The Morgan fingerprint density at radius 3 is 3.11 bits per heavy atom. The molecule has 1 aliphatic heterocycles. The minimum atomic E-state index is 0.138. The fourth-order valence-electron chi connectivity index (χ4n) is 3.38. The highest BCUT2D eigenvalue weighted by atomic mass is 32.1. The molecular formula is C20H23N5OS. The molecule has 0 aliphatic carbocycles. The van der Waals surface area contributed by atoms with Gasteiger partial charge >= 0.3 is 0 Å². The van der Waals surface area contributed by atoms with Crippen molar-refractivity contribution in [2.24, 2.45) is 0 Å². The van der Waals surface area contributed by atoms with E-state index >= 15 is 0 Å². The number of aryl methyl sites for hydroxylation is 1. The molecule has 6 nitrogen and oxygen atoms in total. The van der Waals surface area contributed by atoms with E-state index in [4.69, 9.17) is 0 Å². The minimum absolute atomic E-state index is 0.138. The van der Waals surface area contributed by atoms with Gasteiger partial charge in [0.1, 0.15) is 0 Å². The smallest absolute Gasteiger partial charge is 0.225 e. The van der Waals surface area contributed by atoms with Crippen molar-refractivity contribution in [1.29, 1.82) is 0 Å². The van der Waals surface area contributed by atoms with Gasteiger partial charge < -0.3 is 15.2 Å². The molecular weight excluding hydrogens is 358 g/mol. The first-order valence-corrected chi connectivity index (χ1v) is 10.2. The van der Waals surface area contributed by atoms with E-state index in [0.717, 1.165) is 49.7 Å². The highest BCUT2D eigenvalue weighted by molar-refractivity contribution is 7.09. The van der Waals surface area contributed by atoms with Crippen molar-refractivity contribution in [3.63, 3.8) is 0 Å². The van der Waals surface area contributed by atoms with E-state index in [9.17, 15) is 4.79 Å². The van der Waals surface area contributed by atoms with Crippen LogP contribution in [0.1, 0.15) is 24.1 Å². The number of carbonyl (C=O) groups is 1. The van der Waals surface area contributed by atoms with Crippen molar-refractivity contribution >= 4 is 23.2 Å². The van der Waals surface area contributed by atoms with Gasteiger partial charge in [-0.05, 0) is 48.9 Å². The molecule has 1 amide bonds. The summed E-state index contributed by atoms with van der Waals surface area (Å²) >= 11 is 1.75. The van der Waals surface area contributed by atoms with Crippen LogP contribution in [0.5, 0.6) is 0 Å². The number of nitrogens with one attached hydrogen (secondary N) is 2. The third-order valence-electron chi connectivity index (χ3n) is 4.76. The monoisotopic (exact) mass is 381 g/mol. The Morgan fingerprint density at radius 1 is 1.33 bits per heavy atom. The maximum absolute atomic E-state index is 12.2. The molecule has 1 aliphatic rings. The summed E-state index contributed by atoms with van der Waals surface area (Å²) in [6.45, 7) is 1.61. The lowest BCUT2D eigenvalue weighted by molar-refractivity contribution is -0.121. The summed E-state index contributed by atoms with van der Waals surface area (Å²) in [5.41, 5.74) is 1.86. The SMILES string of the molecule is O=C(CCCc1cccs1)NC1CCN(c2nccc(-c3ccc[nH]3)n2)C1. The third kappa shape index (κ3) is 4.54. The molecule has 0 bridgehead atoms. The second-order valence-electron chi connectivity index (χ2n) is 6.76. The summed E-state index contributed by atoms with van der Waals surface area (Å²) in [4.78, 5) is 27.9. The minimum Gasteiger partial charge on any atom is -0.360 e. The van der Waals surface area contributed by atoms with Crippen LogP contribution in [0.4, 0.5) is 5.95 Å². The summed E-state index contributed by atoms with van der Waals surface area (Å²) in [6.07, 6.45) is 7.04. The van der Waals surface area contributed by atoms with Crippen LogP contribution in [0.25, 0.3) is 11.4 Å². The molecule has 0 radical (unpaired) electrons. The van der Waals surface area contributed by atoms with Gasteiger partial charge in [-0.1, -0.05) is 6.07 Å². The molecule has 0 aromatic carbocycles. The largest absolute Gasteiger partial charge is 0.360 e. The lowest BCUT2D eigenvalue weighted by atomic mass is 10.2. The molecule has 1 unspecified atom stereocenters. The van der Waals surface area contributed by atoms with Crippen molar-refractivity contribution in [3.8, 4) is 11.4 Å². The zero-order valence-corrected chi connectivity index (χ0v) is 15.9. The van der Waals surface area contributed by atoms with E-state index in [2.05, 4.69) is 42.7 Å². The Morgan fingerprint density at radius 2 is 2.30 bits per heavy atom. The number of rotatable bonds is 7. The third-order valence-corrected chi connectivity index (χ3v) is 5.70. The number of aromatic amines is 1. The van der Waals surface area contributed by atoms with E-state index < -0.39 is 0 Å². The average Bonchev–Trinajstić information content (AvgIpc) is 3.44. The Kier molecular flexibility index (Phi) is 5.48. The molecule has 4 rings (SSSR count). The molecule has 1 atom stereocenters. The van der Waals surface area contributed by atoms with Crippen LogP contribution in [0, 0.1) is 0 Å². The molecule has 140 valence electrons. The summed E-state index contributed by atoms with van der Waals surface area (Å²) in [7, 11) is 0. The second kappa shape index (κ2) is 8.35. The Balaban J connectivity index is 1.27. The van der Waals surface area contributed by atoms with E-state index in [-0.39, 0.29) is 11.9 Å². The molecule has 1 fully saturated rings. The maximum Gasteiger partial charge on any atom is 0.225 e. The summed E-state index contributed by atoms with van der Waals surface area (Å²) < 4.78 is 0. The first kappa shape index (κ1) is 17.7. The molecule has 3 aromatic heterocycles. The van der Waals surface area contributed by atoms with Gasteiger partial charge in [0.25, 0.3) is 0 Å². The molecule has 3 aromatic rings. The zero-order valence-electron chi connectivity index (χ0n) is 15.1. The van der Waals surface area contributed by atoms with Gasteiger partial charge in [0, 0.05) is 42.8 Å². The fourth-order valence-corrected chi connectivity index (χ4v) is 4.13. The molecule has 4 heterocycles. The first-order chi connectivity index (χ1) is 13.3. The number of hydrogen-bond acceptors (Lipinski definition) is 5. The molecule has 7 heteroatoms. The summed E-state index contributed by atoms with van der Waals surface area (Å²) in [5.74, 6) is 0.857. The number of aromatic nitrogens is 3. The van der Waals surface area contributed by atoms with Crippen molar-refractivity contribution in [2.45, 2.75) is 31.7 Å². The van der Waals surface area contributed by atoms with Crippen LogP contribution in [0.15, 0.2) is 48.1 Å². The standard InChI is InChI=1S/C20H23N5OS/c26-19(7-1-4-16-5-3-13-27-16)23-15-9-12-25(14-15)20-22-11-8-18(24-20)17-6-2-10-21-17/h2-3,5-6,8,10-11,13,15,21H,1,4,7,9,12,14H2,(H,23,26). The van der Waals surface area contributed by atoms with Gasteiger partial charge in [-0.3, -0.25) is 4.79 Å². The Labute approximate surface area is 162 Å². The second-order valence-corrected chi connectivity index (χ2v) is 7.79. The first-order valence-electron chi connectivity index (χ1n) is 9.31. The van der Waals surface area contributed by atoms with E-state index in [1.807, 2.05) is 24.4 Å². The zero-order chi connectivity index (χ0) is 18.5. The van der Waals surface area contributed by atoms with Gasteiger partial charge in [0.2, 0.25) is 11.9 Å². The number of carbonyl (C=O) groups excluding carboxylic acids is 1. The molecule has 2 N–H and O–H groups in total. The predicted octanol–water partition coefficient (Wildman–Crippen LogP) is 3.25. The van der Waals surface area contributed by atoms with Gasteiger partial charge in [-0.25, -0.2) is 9.97 Å². The van der Waals surface area contributed by atoms with Crippen LogP contribution in [0.3, 0.4) is 0 Å². The fraction of sp³-hybridized carbons (Fsp3) is 0.350. The van der Waals surface area contributed by atoms with E-state index in [1.54, 1.807) is 17.5 Å². The van der Waals surface area contributed by atoms with Crippen molar-refractivity contribution in [3.05, 3.63) is 53.0 Å². The van der Waals surface area contributed by atoms with Crippen LogP contribution < -0.4 is 10.2 Å². The highest BCUT2D eigenvalue weighted by Crippen LogP contribution is 2.20. The topological polar surface area (TPSA) is 73.9 Å². The Bertz CT molecular complexity index is 862. The Hall–Kier alpha value is -2.67. The number of nitrogens with zero attached hydrogens (tertiary/aromatic N) is 3. The number of amides is 1. The van der Waals surface area contributed by atoms with E-state index in [1.165, 1.54) is 4.88 Å². The number of thiophene rings is 1. The van der Waals surface area contributed by atoms with Gasteiger partial charge in [0.15, 0.2) is 0 Å². The lowest BCUT2D eigenvalue weighted by Crippen LogP contribution is -2.37. The summed E-state index contributed by atoms with van der Waals surface area (Å²) in [5, 5.41) is 5.24. The molecule has 0 spiro atoms. The van der Waals surface area contributed by atoms with Crippen LogP contribution in [-0.2, 0) is 11.2 Å². The van der Waals surface area contributed by atoms with Crippen molar-refractivity contribution < 1.29 is 4.79 Å². The maximum atomic E-state index is 12.2. The number of anilines is 1.